The lowest BCUT2D eigenvalue weighted by molar-refractivity contribution is 0.169. The molecule has 6 heteroatoms. The zero-order chi connectivity index (χ0) is 15.3. The van der Waals surface area contributed by atoms with Crippen LogP contribution in [0, 0.1) is 0 Å². The van der Waals surface area contributed by atoms with Crippen molar-refractivity contribution in [3.05, 3.63) is 64.6 Å². The Balaban J connectivity index is 1.96. The van der Waals surface area contributed by atoms with Crippen LogP contribution >= 0.6 is 15.9 Å². The van der Waals surface area contributed by atoms with Crippen molar-refractivity contribution < 1.29 is 13.5 Å². The van der Waals surface area contributed by atoms with Crippen molar-refractivity contribution in [1.29, 1.82) is 0 Å². The average Bonchev–Trinajstić information content (AvgIpc) is 2.48. The van der Waals surface area contributed by atoms with Crippen LogP contribution in [0.15, 0.2) is 64.0 Å². The molecular weight excluding hydrogens is 354 g/mol. The predicted octanol–water partition coefficient (Wildman–Crippen LogP) is 2.85. The van der Waals surface area contributed by atoms with Gasteiger partial charge >= 0.3 is 0 Å². The molecule has 4 nitrogen and oxygen atoms in total. The first-order chi connectivity index (χ1) is 10.0. The van der Waals surface area contributed by atoms with Crippen LogP contribution in [0.3, 0.4) is 0 Å². The molecule has 21 heavy (non-hydrogen) atoms. The van der Waals surface area contributed by atoms with Crippen molar-refractivity contribution in [2.45, 2.75) is 17.4 Å². The summed E-state index contributed by atoms with van der Waals surface area (Å²) in [4.78, 5) is 0.194. The van der Waals surface area contributed by atoms with Gasteiger partial charge in [0.1, 0.15) is 0 Å². The molecule has 0 amide bonds. The molecule has 1 unspecified atom stereocenters. The van der Waals surface area contributed by atoms with Crippen molar-refractivity contribution in [2.75, 3.05) is 6.54 Å². The average molecular weight is 370 g/mol. The summed E-state index contributed by atoms with van der Waals surface area (Å²) in [7, 11) is -3.58. The van der Waals surface area contributed by atoms with E-state index in [2.05, 4.69) is 20.7 Å². The highest BCUT2D eigenvalue weighted by Crippen LogP contribution is 2.21. The van der Waals surface area contributed by atoms with E-state index in [1.165, 1.54) is 6.07 Å². The molecule has 112 valence electrons. The number of nitrogens with one attached hydrogen (secondary N) is 1. The van der Waals surface area contributed by atoms with E-state index in [1.807, 2.05) is 30.3 Å². The fraction of sp³-hybridized carbons (Fsp3) is 0.200. The molecular formula is C15H16BrNO3S. The molecule has 0 saturated heterocycles. The highest BCUT2D eigenvalue weighted by atomic mass is 79.9. The maximum absolute atomic E-state index is 12.1. The van der Waals surface area contributed by atoms with Gasteiger partial charge in [0, 0.05) is 11.0 Å². The molecule has 0 radical (unpaired) electrons. The Kier molecular flexibility index (Phi) is 5.52. The molecule has 0 spiro atoms. The van der Waals surface area contributed by atoms with Gasteiger partial charge in [-0.3, -0.25) is 0 Å². The number of sulfonamides is 1. The third-order valence-electron chi connectivity index (χ3n) is 3.02. The fourth-order valence-electron chi connectivity index (χ4n) is 1.91. The molecule has 2 aromatic rings. The van der Waals surface area contributed by atoms with Crippen molar-refractivity contribution in [1.82, 2.24) is 4.72 Å². The molecule has 0 aromatic heterocycles. The molecule has 0 aliphatic rings. The normalized spacial score (nSPS) is 13.0. The molecule has 0 heterocycles. The standard InChI is InChI=1S/C15H16BrNO3S/c16-13-8-4-5-9-15(13)21(19,20)17-11-10-14(18)12-6-2-1-3-7-12/h1-9,14,17-18H,10-11H2. The quantitative estimate of drug-likeness (QED) is 0.822. The lowest BCUT2D eigenvalue weighted by atomic mass is 10.1. The molecule has 0 saturated carbocycles. The van der Waals surface area contributed by atoms with Crippen molar-refractivity contribution in [3.8, 4) is 0 Å². The first kappa shape index (κ1) is 16.2. The summed E-state index contributed by atoms with van der Waals surface area (Å²) in [6.45, 7) is 0.166. The van der Waals surface area contributed by atoms with Crippen LogP contribution in [0.25, 0.3) is 0 Å². The van der Waals surface area contributed by atoms with E-state index < -0.39 is 16.1 Å². The summed E-state index contributed by atoms with van der Waals surface area (Å²) in [6, 6.07) is 15.8. The number of aliphatic hydroxyl groups is 1. The summed E-state index contributed by atoms with van der Waals surface area (Å²) >= 11 is 3.22. The van der Waals surface area contributed by atoms with E-state index in [4.69, 9.17) is 0 Å². The van der Waals surface area contributed by atoms with Gasteiger partial charge in [-0.15, -0.1) is 0 Å². The molecule has 2 aromatic carbocycles. The Hall–Kier alpha value is -1.21. The predicted molar refractivity (Wildman–Crippen MR) is 85.3 cm³/mol. The highest BCUT2D eigenvalue weighted by Gasteiger charge is 2.17. The molecule has 0 bridgehead atoms. The second kappa shape index (κ2) is 7.17. The Bertz CT molecular complexity index is 689. The largest absolute Gasteiger partial charge is 0.388 e. The number of benzene rings is 2. The second-order valence-corrected chi connectivity index (χ2v) is 7.13. The Morgan fingerprint density at radius 1 is 1.05 bits per heavy atom. The molecule has 0 aliphatic heterocycles. The van der Waals surface area contributed by atoms with Crippen LogP contribution in [0.4, 0.5) is 0 Å². The molecule has 0 aliphatic carbocycles. The summed E-state index contributed by atoms with van der Waals surface area (Å²) < 4.78 is 27.3. The fourth-order valence-corrected chi connectivity index (χ4v) is 3.96. The first-order valence-corrected chi connectivity index (χ1v) is 8.75. The molecule has 2 N–H and O–H groups in total. The minimum Gasteiger partial charge on any atom is -0.388 e. The number of hydrogen-bond donors (Lipinski definition) is 2. The summed E-state index contributed by atoms with van der Waals surface area (Å²) in [5.74, 6) is 0. The Morgan fingerprint density at radius 3 is 2.33 bits per heavy atom. The van der Waals surface area contributed by atoms with E-state index in [1.54, 1.807) is 18.2 Å². The van der Waals surface area contributed by atoms with Gasteiger partial charge < -0.3 is 5.11 Å². The second-order valence-electron chi connectivity index (χ2n) is 4.54. The SMILES string of the molecule is O=S(=O)(NCCC(O)c1ccccc1)c1ccccc1Br. The van der Waals surface area contributed by atoms with Crippen molar-refractivity contribution in [2.24, 2.45) is 0 Å². The van der Waals surface area contributed by atoms with E-state index in [0.717, 1.165) is 5.56 Å². The van der Waals surface area contributed by atoms with E-state index in [-0.39, 0.29) is 11.4 Å². The molecule has 2 rings (SSSR count). The summed E-state index contributed by atoms with van der Waals surface area (Å²) in [5.41, 5.74) is 0.776. The van der Waals surface area contributed by atoms with Crippen LogP contribution in [-0.2, 0) is 10.0 Å². The third kappa shape index (κ3) is 4.38. The zero-order valence-electron chi connectivity index (χ0n) is 11.2. The van der Waals surface area contributed by atoms with Gasteiger partial charge in [-0.05, 0) is 40.0 Å². The maximum atomic E-state index is 12.1. The minimum absolute atomic E-state index is 0.166. The Morgan fingerprint density at radius 2 is 1.67 bits per heavy atom. The molecule has 0 fully saturated rings. The monoisotopic (exact) mass is 369 g/mol. The van der Waals surface area contributed by atoms with Crippen LogP contribution in [0.1, 0.15) is 18.1 Å². The smallest absolute Gasteiger partial charge is 0.241 e. The maximum Gasteiger partial charge on any atom is 0.241 e. The summed E-state index contributed by atoms with van der Waals surface area (Å²) in [5, 5.41) is 10.00. The number of hydrogen-bond acceptors (Lipinski definition) is 3. The van der Waals surface area contributed by atoms with Gasteiger partial charge in [0.25, 0.3) is 0 Å². The number of aliphatic hydroxyl groups excluding tert-OH is 1. The van der Waals surface area contributed by atoms with Crippen molar-refractivity contribution >= 4 is 26.0 Å². The van der Waals surface area contributed by atoms with Gasteiger partial charge in [0.15, 0.2) is 0 Å². The lowest BCUT2D eigenvalue weighted by Crippen LogP contribution is -2.26. The zero-order valence-corrected chi connectivity index (χ0v) is 13.6. The van der Waals surface area contributed by atoms with Crippen LogP contribution in [0.2, 0.25) is 0 Å². The highest BCUT2D eigenvalue weighted by molar-refractivity contribution is 9.10. The van der Waals surface area contributed by atoms with Gasteiger partial charge in [-0.25, -0.2) is 13.1 Å². The number of rotatable bonds is 6. The van der Waals surface area contributed by atoms with E-state index in [0.29, 0.717) is 10.9 Å². The van der Waals surface area contributed by atoms with Crippen molar-refractivity contribution in [3.63, 3.8) is 0 Å². The van der Waals surface area contributed by atoms with Gasteiger partial charge in [0.2, 0.25) is 10.0 Å². The third-order valence-corrected chi connectivity index (χ3v) is 5.49. The van der Waals surface area contributed by atoms with Gasteiger partial charge in [0.05, 0.1) is 11.0 Å². The summed E-state index contributed by atoms with van der Waals surface area (Å²) in [6.07, 6.45) is -0.374. The first-order valence-electron chi connectivity index (χ1n) is 6.48. The Labute approximate surface area is 133 Å². The van der Waals surface area contributed by atoms with Gasteiger partial charge in [-0.1, -0.05) is 42.5 Å². The van der Waals surface area contributed by atoms with E-state index in [9.17, 15) is 13.5 Å². The minimum atomic E-state index is -3.58. The van der Waals surface area contributed by atoms with Crippen LogP contribution < -0.4 is 4.72 Å². The van der Waals surface area contributed by atoms with Crippen LogP contribution in [0.5, 0.6) is 0 Å². The molecule has 1 atom stereocenters. The lowest BCUT2D eigenvalue weighted by Gasteiger charge is -2.12. The van der Waals surface area contributed by atoms with Crippen LogP contribution in [-0.4, -0.2) is 20.1 Å². The number of halogens is 1. The topological polar surface area (TPSA) is 66.4 Å². The van der Waals surface area contributed by atoms with E-state index >= 15 is 0 Å². The van der Waals surface area contributed by atoms with Gasteiger partial charge in [-0.2, -0.15) is 0 Å².